The van der Waals surface area contributed by atoms with Crippen LogP contribution < -0.4 is 10.6 Å². The molecule has 4 nitrogen and oxygen atoms in total. The molecule has 2 rings (SSSR count). The summed E-state index contributed by atoms with van der Waals surface area (Å²) in [6.07, 6.45) is 2.63. The minimum Gasteiger partial charge on any atom is -0.369 e. The third-order valence-corrected chi connectivity index (χ3v) is 3.97. The van der Waals surface area contributed by atoms with Crippen molar-refractivity contribution in [1.29, 1.82) is 0 Å². The predicted molar refractivity (Wildman–Crippen MR) is 80.2 cm³/mol. The van der Waals surface area contributed by atoms with Crippen LogP contribution in [0.4, 0.5) is 11.6 Å². The summed E-state index contributed by atoms with van der Waals surface area (Å²) in [6, 6.07) is 4.15. The lowest BCUT2D eigenvalue weighted by Gasteiger charge is -2.10. The molecule has 2 aromatic heterocycles. The molecule has 6 heteroatoms. The van der Waals surface area contributed by atoms with E-state index in [0.29, 0.717) is 0 Å². The van der Waals surface area contributed by atoms with Crippen LogP contribution in [0.25, 0.3) is 0 Å². The Bertz CT molecular complexity index is 487. The van der Waals surface area contributed by atoms with Crippen LogP contribution in [0.3, 0.4) is 0 Å². The van der Waals surface area contributed by atoms with Gasteiger partial charge in [-0.05, 0) is 33.8 Å². The van der Waals surface area contributed by atoms with Crippen LogP contribution in [0, 0.1) is 0 Å². The van der Waals surface area contributed by atoms with E-state index in [2.05, 4.69) is 54.9 Å². The van der Waals surface area contributed by atoms with E-state index >= 15 is 0 Å². The lowest BCUT2D eigenvalue weighted by atomic mass is 10.4. The Morgan fingerprint density at radius 2 is 2.06 bits per heavy atom. The van der Waals surface area contributed by atoms with Crippen LogP contribution in [0.5, 0.6) is 0 Å². The maximum absolute atomic E-state index is 4.24. The van der Waals surface area contributed by atoms with Crippen molar-refractivity contribution in [2.24, 2.45) is 0 Å². The first-order valence-corrected chi connectivity index (χ1v) is 7.49. The van der Waals surface area contributed by atoms with E-state index < -0.39 is 0 Å². The van der Waals surface area contributed by atoms with Gasteiger partial charge in [-0.3, -0.25) is 0 Å². The number of hydrogen-bond acceptors (Lipinski definition) is 5. The van der Waals surface area contributed by atoms with Crippen LogP contribution in [0.15, 0.2) is 28.3 Å². The van der Waals surface area contributed by atoms with Gasteiger partial charge in [-0.2, -0.15) is 0 Å². The Labute approximate surface area is 119 Å². The molecule has 0 radical (unpaired) electrons. The van der Waals surface area contributed by atoms with Crippen LogP contribution in [-0.2, 0) is 6.54 Å². The molecular formula is C12H15BrN4S. The third-order valence-electron chi connectivity index (χ3n) is 2.34. The highest BCUT2D eigenvalue weighted by molar-refractivity contribution is 9.10. The smallest absolute Gasteiger partial charge is 0.146 e. The lowest BCUT2D eigenvalue weighted by molar-refractivity contribution is 0.960. The summed E-state index contributed by atoms with van der Waals surface area (Å²) in [6.45, 7) is 3.80. The highest BCUT2D eigenvalue weighted by atomic mass is 79.9. The average Bonchev–Trinajstić information content (AvgIpc) is 2.89. The monoisotopic (exact) mass is 326 g/mol. The van der Waals surface area contributed by atoms with Gasteiger partial charge in [-0.15, -0.1) is 11.3 Å². The molecule has 2 N–H and O–H groups in total. The number of thiophene rings is 1. The largest absolute Gasteiger partial charge is 0.369 e. The summed E-state index contributed by atoms with van der Waals surface area (Å²) < 4.78 is 0.884. The standard InChI is InChI=1S/C12H15BrN4S/c1-2-5-14-11-10(13)12(17-8-16-11)15-7-9-4-3-6-18-9/h3-4,6,8H,2,5,7H2,1H3,(H2,14,15,16,17). The molecule has 18 heavy (non-hydrogen) atoms. The van der Waals surface area contributed by atoms with Gasteiger partial charge < -0.3 is 10.6 Å². The predicted octanol–water partition coefficient (Wildman–Crippen LogP) is 3.73. The summed E-state index contributed by atoms with van der Waals surface area (Å²) in [5.41, 5.74) is 0. The zero-order valence-corrected chi connectivity index (χ0v) is 12.5. The summed E-state index contributed by atoms with van der Waals surface area (Å²) in [5, 5.41) is 8.64. The van der Waals surface area contributed by atoms with E-state index in [4.69, 9.17) is 0 Å². The van der Waals surface area contributed by atoms with Gasteiger partial charge in [0.05, 0.1) is 6.54 Å². The van der Waals surface area contributed by atoms with Crippen LogP contribution in [0.1, 0.15) is 18.2 Å². The first-order valence-electron chi connectivity index (χ1n) is 5.82. The van der Waals surface area contributed by atoms with Gasteiger partial charge >= 0.3 is 0 Å². The van der Waals surface area contributed by atoms with Crippen molar-refractivity contribution in [2.75, 3.05) is 17.2 Å². The summed E-state index contributed by atoms with van der Waals surface area (Å²) >= 11 is 5.26. The van der Waals surface area contributed by atoms with E-state index in [-0.39, 0.29) is 0 Å². The maximum Gasteiger partial charge on any atom is 0.146 e. The van der Waals surface area contributed by atoms with E-state index in [9.17, 15) is 0 Å². The second-order valence-corrected chi connectivity index (χ2v) is 5.57. The van der Waals surface area contributed by atoms with Crippen LogP contribution in [0.2, 0.25) is 0 Å². The SMILES string of the molecule is CCCNc1ncnc(NCc2cccs2)c1Br. The lowest BCUT2D eigenvalue weighted by Crippen LogP contribution is -2.07. The van der Waals surface area contributed by atoms with Crippen LogP contribution >= 0.6 is 27.3 Å². The first-order chi connectivity index (χ1) is 8.81. The molecule has 0 saturated carbocycles. The van der Waals surface area contributed by atoms with Crippen LogP contribution in [-0.4, -0.2) is 16.5 Å². The van der Waals surface area contributed by atoms with Gasteiger partial charge in [0.2, 0.25) is 0 Å². The molecule has 0 atom stereocenters. The normalized spacial score (nSPS) is 10.3. The van der Waals surface area contributed by atoms with Gasteiger partial charge in [-0.25, -0.2) is 9.97 Å². The molecule has 0 amide bonds. The Morgan fingerprint density at radius 3 is 2.72 bits per heavy atom. The summed E-state index contributed by atoms with van der Waals surface area (Å²) in [7, 11) is 0. The Morgan fingerprint density at radius 1 is 1.28 bits per heavy atom. The second-order valence-electron chi connectivity index (χ2n) is 3.74. The van der Waals surface area contributed by atoms with Crippen molar-refractivity contribution in [3.05, 3.63) is 33.2 Å². The van der Waals surface area contributed by atoms with E-state index in [0.717, 1.165) is 35.6 Å². The van der Waals surface area contributed by atoms with Gasteiger partial charge in [0.25, 0.3) is 0 Å². The third kappa shape index (κ3) is 3.43. The average molecular weight is 327 g/mol. The van der Waals surface area contributed by atoms with E-state index in [1.165, 1.54) is 4.88 Å². The number of hydrogen-bond donors (Lipinski definition) is 2. The van der Waals surface area contributed by atoms with Crippen molar-refractivity contribution in [2.45, 2.75) is 19.9 Å². The Balaban J connectivity index is 2.03. The molecule has 0 aliphatic rings. The van der Waals surface area contributed by atoms with Gasteiger partial charge in [0, 0.05) is 11.4 Å². The molecule has 0 aliphatic carbocycles. The number of aromatic nitrogens is 2. The zero-order valence-electron chi connectivity index (χ0n) is 10.1. The van der Waals surface area contributed by atoms with Gasteiger partial charge in [0.15, 0.2) is 0 Å². The number of rotatable bonds is 6. The number of nitrogens with one attached hydrogen (secondary N) is 2. The molecule has 0 bridgehead atoms. The van der Waals surface area contributed by atoms with Gasteiger partial charge in [-0.1, -0.05) is 13.0 Å². The quantitative estimate of drug-likeness (QED) is 0.849. The van der Waals surface area contributed by atoms with Crippen molar-refractivity contribution < 1.29 is 0 Å². The second kappa shape index (κ2) is 6.70. The number of anilines is 2. The van der Waals surface area contributed by atoms with Gasteiger partial charge in [0.1, 0.15) is 22.4 Å². The number of halogens is 1. The molecule has 0 aromatic carbocycles. The maximum atomic E-state index is 4.24. The molecule has 2 aromatic rings. The molecule has 2 heterocycles. The van der Waals surface area contributed by atoms with Crippen molar-refractivity contribution in [3.63, 3.8) is 0 Å². The molecule has 0 saturated heterocycles. The molecule has 0 spiro atoms. The van der Waals surface area contributed by atoms with E-state index in [1.807, 2.05) is 6.07 Å². The molecule has 96 valence electrons. The van der Waals surface area contributed by atoms with Crippen molar-refractivity contribution in [3.8, 4) is 0 Å². The molecule has 0 aliphatic heterocycles. The highest BCUT2D eigenvalue weighted by Crippen LogP contribution is 2.27. The number of nitrogens with zero attached hydrogens (tertiary/aromatic N) is 2. The summed E-state index contributed by atoms with van der Waals surface area (Å²) in [4.78, 5) is 9.74. The minimum absolute atomic E-state index is 0.778. The van der Waals surface area contributed by atoms with Crippen molar-refractivity contribution >= 4 is 38.9 Å². The van der Waals surface area contributed by atoms with E-state index in [1.54, 1.807) is 17.7 Å². The molecular weight excluding hydrogens is 312 g/mol. The first kappa shape index (κ1) is 13.3. The topological polar surface area (TPSA) is 49.8 Å². The van der Waals surface area contributed by atoms with Crippen molar-refractivity contribution in [1.82, 2.24) is 9.97 Å². The summed E-state index contributed by atoms with van der Waals surface area (Å²) in [5.74, 6) is 1.65. The fourth-order valence-electron chi connectivity index (χ4n) is 1.44. The Hall–Kier alpha value is -1.14. The molecule has 0 fully saturated rings. The Kier molecular flexibility index (Phi) is 4.95. The fraction of sp³-hybridized carbons (Fsp3) is 0.333. The highest BCUT2D eigenvalue weighted by Gasteiger charge is 2.07. The zero-order chi connectivity index (χ0) is 12.8. The fourth-order valence-corrected chi connectivity index (χ4v) is 2.57. The molecule has 0 unspecified atom stereocenters. The minimum atomic E-state index is 0.778.